The molecule has 0 saturated carbocycles. The number of aryl methyl sites for hydroxylation is 3. The number of anilines is 1. The van der Waals surface area contributed by atoms with Gasteiger partial charge in [0.1, 0.15) is 0 Å². The maximum atomic E-state index is 5.55. The van der Waals surface area contributed by atoms with Gasteiger partial charge in [0.25, 0.3) is 0 Å². The van der Waals surface area contributed by atoms with Crippen LogP contribution in [0.25, 0.3) is 0 Å². The van der Waals surface area contributed by atoms with Gasteiger partial charge in [-0.05, 0) is 49.9 Å². The average molecular weight is 588 g/mol. The summed E-state index contributed by atoms with van der Waals surface area (Å²) in [6, 6.07) is 12.7. The fourth-order valence-electron chi connectivity index (χ4n) is 3.83. The van der Waals surface area contributed by atoms with Crippen molar-refractivity contribution in [1.82, 2.24) is 4.90 Å². The third-order valence-electron chi connectivity index (χ3n) is 5.06. The number of hydrogen-bond donors (Lipinski definition) is 0. The van der Waals surface area contributed by atoms with Crippen LogP contribution in [0.15, 0.2) is 48.8 Å². The van der Waals surface area contributed by atoms with Crippen molar-refractivity contribution in [2.45, 2.75) is 27.3 Å². The average Bonchev–Trinajstić information content (AvgIpc) is 3.19. The Morgan fingerprint density at radius 1 is 0.900 bits per heavy atom. The predicted octanol–water partition coefficient (Wildman–Crippen LogP) is 4.49. The van der Waals surface area contributed by atoms with Crippen LogP contribution in [0.5, 0.6) is 0 Å². The van der Waals surface area contributed by atoms with Crippen LogP contribution in [0.1, 0.15) is 22.3 Å². The van der Waals surface area contributed by atoms with Crippen LogP contribution in [0, 0.1) is 27.4 Å². The van der Waals surface area contributed by atoms with Crippen molar-refractivity contribution in [1.29, 1.82) is 0 Å². The first-order valence-electron chi connectivity index (χ1n) is 9.44. The Bertz CT molecular complexity index is 829. The van der Waals surface area contributed by atoms with Crippen molar-refractivity contribution in [3.8, 4) is 0 Å². The van der Waals surface area contributed by atoms with Gasteiger partial charge >= 0.3 is 41.9 Å². The summed E-state index contributed by atoms with van der Waals surface area (Å²) < 4.78 is 16.6. The summed E-state index contributed by atoms with van der Waals surface area (Å²) in [7, 11) is 2.10. The molecule has 0 N–H and O–H groups in total. The Kier molecular flexibility index (Phi) is 9.87. The zero-order valence-corrected chi connectivity index (χ0v) is 22.3. The zero-order valence-electron chi connectivity index (χ0n) is 18.2. The molecule has 1 heterocycles. The van der Waals surface area contributed by atoms with Crippen molar-refractivity contribution >= 4 is 40.0 Å². The van der Waals surface area contributed by atoms with E-state index in [2.05, 4.69) is 86.7 Å². The minimum atomic E-state index is -2.78. The molecule has 0 unspecified atom stereocenters. The molecule has 0 bridgehead atoms. The molecule has 0 saturated heterocycles. The van der Waals surface area contributed by atoms with E-state index in [1.165, 1.54) is 27.9 Å². The van der Waals surface area contributed by atoms with Gasteiger partial charge in [-0.2, -0.15) is 6.67 Å². The number of benzene rings is 2. The minimum absolute atomic E-state index is 0.790. The van der Waals surface area contributed by atoms with E-state index in [0.29, 0.717) is 0 Å². The van der Waals surface area contributed by atoms with Crippen molar-refractivity contribution in [3.63, 3.8) is 0 Å². The van der Waals surface area contributed by atoms with E-state index in [9.17, 15) is 0 Å². The Morgan fingerprint density at radius 3 is 1.93 bits per heavy atom. The molecule has 30 heavy (non-hydrogen) atoms. The molecule has 0 atom stereocenters. The van der Waals surface area contributed by atoms with Gasteiger partial charge in [0.15, 0.2) is 0 Å². The Balaban J connectivity index is 0.00000155. The SMILES string of the molecule is CO[Si](OC)(OC)c1ccc(CN2C=CN(c3c(C)cc(C)cc3C)[CH-]2)cc1.[Cu+][I]. The molecule has 0 amide bonds. The molecule has 2 aromatic carbocycles. The normalized spacial score (nSPS) is 13.5. The van der Waals surface area contributed by atoms with E-state index in [1.54, 1.807) is 41.7 Å². The molecule has 0 radical (unpaired) electrons. The quantitative estimate of drug-likeness (QED) is 0.271. The van der Waals surface area contributed by atoms with Gasteiger partial charge in [0, 0.05) is 38.7 Å². The summed E-state index contributed by atoms with van der Waals surface area (Å²) in [5.74, 6) is 0. The van der Waals surface area contributed by atoms with Crippen LogP contribution in [0.2, 0.25) is 0 Å². The second kappa shape index (κ2) is 11.7. The van der Waals surface area contributed by atoms with E-state index in [-0.39, 0.29) is 0 Å². The number of halogens is 1. The standard InChI is InChI=1S/C22H29N2O3Si.Cu.HI/c1-17-13-18(2)22(19(3)14-17)24-12-11-23(16-24)15-20-7-9-21(10-8-20)28(25-4,26-5)27-6;;/h7-14,16H,15H2,1-6H3;;1H/q-1;+2;/p-1. The summed E-state index contributed by atoms with van der Waals surface area (Å²) in [6.07, 6.45) is 4.21. The second-order valence-corrected chi connectivity index (χ2v) is 10.0. The van der Waals surface area contributed by atoms with Gasteiger partial charge in [-0.25, -0.2) is 0 Å². The van der Waals surface area contributed by atoms with Crippen molar-refractivity contribution in [3.05, 3.63) is 77.7 Å². The van der Waals surface area contributed by atoms with E-state index in [1.807, 2.05) is 12.1 Å². The first-order chi connectivity index (χ1) is 14.4. The van der Waals surface area contributed by atoms with Gasteiger partial charge in [0.05, 0.1) is 0 Å². The molecule has 0 aromatic heterocycles. The van der Waals surface area contributed by atoms with Gasteiger partial charge in [-0.15, -0.1) is 0 Å². The first kappa shape index (κ1) is 25.4. The van der Waals surface area contributed by atoms with E-state index in [0.717, 1.165) is 11.7 Å². The molecular weight excluding hydrogens is 559 g/mol. The third kappa shape index (κ3) is 5.67. The molecule has 1 aliphatic heterocycles. The summed E-state index contributed by atoms with van der Waals surface area (Å²) in [5, 5.41) is 0.956. The second-order valence-electron chi connectivity index (χ2n) is 7.11. The van der Waals surface area contributed by atoms with Crippen molar-refractivity contribution in [2.75, 3.05) is 26.2 Å². The maximum absolute atomic E-state index is 5.55. The molecule has 167 valence electrons. The summed E-state index contributed by atoms with van der Waals surface area (Å²) in [5.41, 5.74) is 6.31. The summed E-state index contributed by atoms with van der Waals surface area (Å²) >= 11 is 5.87. The Hall–Kier alpha value is -0.874. The Labute approximate surface area is 201 Å². The van der Waals surface area contributed by atoms with Gasteiger partial charge in [-0.1, -0.05) is 42.0 Å². The van der Waals surface area contributed by atoms with Crippen LogP contribution in [-0.2, 0) is 32.6 Å². The van der Waals surface area contributed by atoms with Crippen molar-refractivity contribution in [2.24, 2.45) is 0 Å². The van der Waals surface area contributed by atoms with E-state index >= 15 is 0 Å². The predicted molar refractivity (Wildman–Crippen MR) is 129 cm³/mol. The number of hydrogen-bond acceptors (Lipinski definition) is 5. The van der Waals surface area contributed by atoms with E-state index < -0.39 is 8.80 Å². The van der Waals surface area contributed by atoms with Crippen LogP contribution >= 0.6 is 20.3 Å². The third-order valence-corrected chi connectivity index (χ3v) is 7.72. The number of nitrogens with zero attached hydrogens (tertiary/aromatic N) is 2. The monoisotopic (exact) mass is 587 g/mol. The van der Waals surface area contributed by atoms with Crippen LogP contribution < -0.4 is 10.1 Å². The number of rotatable bonds is 7. The summed E-state index contributed by atoms with van der Waals surface area (Å²) in [6.45, 7) is 9.39. The van der Waals surface area contributed by atoms with Gasteiger partial charge < -0.3 is 23.1 Å². The fourth-order valence-corrected chi connectivity index (χ4v) is 5.61. The first-order valence-corrected chi connectivity index (χ1v) is 14.2. The topological polar surface area (TPSA) is 34.2 Å². The molecule has 1 aliphatic rings. The van der Waals surface area contributed by atoms with Gasteiger partial charge in [0.2, 0.25) is 0 Å². The fraction of sp³-hybridized carbons (Fsp3) is 0.318. The molecule has 5 nitrogen and oxygen atoms in total. The van der Waals surface area contributed by atoms with Crippen molar-refractivity contribution < 1.29 is 26.0 Å². The van der Waals surface area contributed by atoms with Crippen LogP contribution in [-0.4, -0.2) is 35.0 Å². The molecule has 0 aliphatic carbocycles. The molecular formula is C22H29CuIN2O3Si. The molecule has 0 fully saturated rings. The van der Waals surface area contributed by atoms with E-state index in [4.69, 9.17) is 13.3 Å². The molecule has 8 heteroatoms. The van der Waals surface area contributed by atoms with Crippen LogP contribution in [0.3, 0.4) is 0 Å². The Morgan fingerprint density at radius 2 is 1.43 bits per heavy atom. The molecule has 3 rings (SSSR count). The van der Waals surface area contributed by atoms with Gasteiger partial charge in [-0.3, -0.25) is 0 Å². The van der Waals surface area contributed by atoms with Crippen LogP contribution in [0.4, 0.5) is 5.69 Å². The summed E-state index contributed by atoms with van der Waals surface area (Å²) in [4.78, 5) is 4.37. The zero-order chi connectivity index (χ0) is 22.3. The molecule has 2 aromatic rings. The molecule has 0 spiro atoms.